The minimum absolute atomic E-state index is 0.261. The second kappa shape index (κ2) is 8.66. The van der Waals surface area contributed by atoms with Crippen LogP contribution in [0.1, 0.15) is 49.8 Å². The van der Waals surface area contributed by atoms with E-state index in [0.717, 1.165) is 19.3 Å². The Morgan fingerprint density at radius 3 is 2.37 bits per heavy atom. The molecule has 0 saturated carbocycles. The fourth-order valence-corrected chi connectivity index (χ4v) is 7.06. The normalized spacial score (nSPS) is 19.6. The Morgan fingerprint density at radius 1 is 0.763 bits per heavy atom. The molecule has 0 fully saturated rings. The number of fused-ring (bicyclic) bond motifs is 4. The number of benzene rings is 3. The van der Waals surface area contributed by atoms with E-state index in [1.165, 1.54) is 72.7 Å². The first-order valence-electron chi connectivity index (χ1n) is 14.0. The van der Waals surface area contributed by atoms with E-state index < -0.39 is 0 Å². The maximum absolute atomic E-state index is 2.68. The quantitative estimate of drug-likeness (QED) is 0.338. The van der Waals surface area contributed by atoms with Crippen molar-refractivity contribution in [1.29, 1.82) is 0 Å². The Balaban J connectivity index is 1.57. The lowest BCUT2D eigenvalue weighted by Gasteiger charge is -2.50. The molecule has 3 aromatic carbocycles. The fraction of sp³-hybridized carbons (Fsp3) is 0.257. The maximum atomic E-state index is 2.68. The summed E-state index contributed by atoms with van der Waals surface area (Å²) in [4.78, 5) is 5.21. The zero-order chi connectivity index (χ0) is 26.1. The van der Waals surface area contributed by atoms with Gasteiger partial charge in [-0.15, -0.1) is 0 Å². The first kappa shape index (κ1) is 23.4. The van der Waals surface area contributed by atoms with Crippen molar-refractivity contribution in [2.45, 2.75) is 59.9 Å². The Bertz CT molecular complexity index is 1620. The van der Waals surface area contributed by atoms with Gasteiger partial charge in [0.2, 0.25) is 6.71 Å². The van der Waals surface area contributed by atoms with Gasteiger partial charge in [0.05, 0.1) is 6.04 Å². The Labute approximate surface area is 227 Å². The molecule has 0 N–H and O–H groups in total. The van der Waals surface area contributed by atoms with Gasteiger partial charge >= 0.3 is 0 Å². The summed E-state index contributed by atoms with van der Waals surface area (Å²) in [5, 5.41) is 0. The molecule has 2 heterocycles. The van der Waals surface area contributed by atoms with Gasteiger partial charge in [-0.2, -0.15) is 0 Å². The van der Waals surface area contributed by atoms with Crippen molar-refractivity contribution in [1.82, 2.24) is 0 Å². The smallest absolute Gasteiger partial charge is 0.247 e. The molecule has 188 valence electrons. The third-order valence-electron chi connectivity index (χ3n) is 8.74. The summed E-state index contributed by atoms with van der Waals surface area (Å²) >= 11 is 0. The van der Waals surface area contributed by atoms with E-state index in [2.05, 4.69) is 123 Å². The number of nitrogens with zero attached hydrogens (tertiary/aromatic N) is 2. The predicted octanol–water partition coefficient (Wildman–Crippen LogP) is 7.63. The lowest BCUT2D eigenvalue weighted by Crippen LogP contribution is -2.61. The van der Waals surface area contributed by atoms with E-state index in [1.54, 1.807) is 0 Å². The molecule has 38 heavy (non-hydrogen) atoms. The second-order valence-corrected chi connectivity index (χ2v) is 11.8. The molecule has 1 atom stereocenters. The molecule has 0 bridgehead atoms. The molecule has 4 aliphatic rings. The molecule has 0 radical (unpaired) electrons. The van der Waals surface area contributed by atoms with Crippen LogP contribution in [0.4, 0.5) is 22.7 Å². The van der Waals surface area contributed by atoms with Crippen LogP contribution in [0.25, 0.3) is 0 Å². The third kappa shape index (κ3) is 3.55. The van der Waals surface area contributed by atoms with Crippen molar-refractivity contribution >= 4 is 40.4 Å². The zero-order valence-corrected chi connectivity index (χ0v) is 23.2. The van der Waals surface area contributed by atoms with Crippen molar-refractivity contribution in [3.05, 3.63) is 118 Å². The van der Waals surface area contributed by atoms with Crippen LogP contribution in [0.3, 0.4) is 0 Å². The minimum Gasteiger partial charge on any atom is -0.335 e. The Hall–Kier alpha value is -3.72. The van der Waals surface area contributed by atoms with Crippen LogP contribution in [-0.4, -0.2) is 12.8 Å². The van der Waals surface area contributed by atoms with Crippen molar-refractivity contribution in [3.8, 4) is 0 Å². The number of hydrogen-bond donors (Lipinski definition) is 0. The van der Waals surface area contributed by atoms with Crippen LogP contribution in [-0.2, 0) is 0 Å². The van der Waals surface area contributed by atoms with Gasteiger partial charge in [-0.3, -0.25) is 0 Å². The first-order chi connectivity index (χ1) is 18.4. The van der Waals surface area contributed by atoms with E-state index in [-0.39, 0.29) is 6.71 Å². The predicted molar refractivity (Wildman–Crippen MR) is 164 cm³/mol. The molecule has 0 amide bonds. The average Bonchev–Trinajstić information content (AvgIpc) is 2.88. The van der Waals surface area contributed by atoms with E-state index >= 15 is 0 Å². The summed E-state index contributed by atoms with van der Waals surface area (Å²) in [5.41, 5.74) is 17.8. The highest BCUT2D eigenvalue weighted by molar-refractivity contribution is 6.95. The monoisotopic (exact) mass is 494 g/mol. The highest BCUT2D eigenvalue weighted by Crippen LogP contribution is 2.46. The highest BCUT2D eigenvalue weighted by atomic mass is 15.2. The van der Waals surface area contributed by atoms with Crippen LogP contribution in [0.15, 0.2) is 101 Å². The highest BCUT2D eigenvalue weighted by Gasteiger charge is 2.47. The summed E-state index contributed by atoms with van der Waals surface area (Å²) in [7, 11) is 0. The van der Waals surface area contributed by atoms with Gasteiger partial charge < -0.3 is 9.80 Å². The summed E-state index contributed by atoms with van der Waals surface area (Å²) in [6.45, 7) is 11.5. The van der Waals surface area contributed by atoms with Crippen molar-refractivity contribution in [2.75, 3.05) is 9.80 Å². The summed E-state index contributed by atoms with van der Waals surface area (Å²) < 4.78 is 0. The second-order valence-electron chi connectivity index (χ2n) is 11.8. The van der Waals surface area contributed by atoms with Crippen molar-refractivity contribution < 1.29 is 0 Å². The van der Waals surface area contributed by atoms with Gasteiger partial charge in [0.25, 0.3) is 0 Å². The van der Waals surface area contributed by atoms with E-state index in [9.17, 15) is 0 Å². The minimum atomic E-state index is 0.261. The number of rotatable bonds is 2. The largest absolute Gasteiger partial charge is 0.335 e. The first-order valence-corrected chi connectivity index (χ1v) is 14.0. The maximum Gasteiger partial charge on any atom is 0.247 e. The molecular weight excluding hydrogens is 459 g/mol. The lowest BCUT2D eigenvalue weighted by molar-refractivity contribution is 0.712. The molecule has 0 saturated heterocycles. The van der Waals surface area contributed by atoms with Crippen molar-refractivity contribution in [3.63, 3.8) is 0 Å². The lowest BCUT2D eigenvalue weighted by atomic mass is 9.31. The number of aryl methyl sites for hydroxylation is 3. The van der Waals surface area contributed by atoms with Gasteiger partial charge in [-0.25, -0.2) is 0 Å². The molecule has 3 heteroatoms. The van der Waals surface area contributed by atoms with Crippen LogP contribution >= 0.6 is 0 Å². The molecule has 2 nitrogen and oxygen atoms in total. The molecular formula is C35H35BN2. The third-order valence-corrected chi connectivity index (χ3v) is 8.74. The van der Waals surface area contributed by atoms with Crippen LogP contribution in [0, 0.1) is 20.8 Å². The molecule has 1 unspecified atom stereocenters. The Kier molecular flexibility index (Phi) is 5.34. The molecule has 0 aromatic heterocycles. The molecule has 3 aromatic rings. The SMILES string of the molecule is CC1=CC(N2c3cc(C)cc4c3B(C3=CC=C(C)CC32)c2ccc(C)cc2N4c2cccc(C)c2)=CCC1. The van der Waals surface area contributed by atoms with E-state index in [4.69, 9.17) is 0 Å². The average molecular weight is 494 g/mol. The van der Waals surface area contributed by atoms with Crippen LogP contribution < -0.4 is 20.7 Å². The number of hydrogen-bond acceptors (Lipinski definition) is 2. The summed E-state index contributed by atoms with van der Waals surface area (Å²) in [6, 6.07) is 21.3. The summed E-state index contributed by atoms with van der Waals surface area (Å²) in [6.07, 6.45) is 13.0. The number of allylic oxidation sites excluding steroid dienone is 5. The number of anilines is 4. The standard InChI is InChI=1S/C35H35BN2/c1-22-8-6-10-27(16-22)37-31-18-24(3)12-14-29(31)36-30-15-13-25(4)19-32(30)38(28-11-7-9-23(2)17-28)34-21-26(5)20-33(37)35(34)36/h6,8,10-18,20-21,32H,7,9,19H2,1-5H3. The van der Waals surface area contributed by atoms with E-state index in [1.807, 2.05) is 0 Å². The van der Waals surface area contributed by atoms with Gasteiger partial charge in [-0.05, 0) is 118 Å². The van der Waals surface area contributed by atoms with Crippen LogP contribution in [0.2, 0.25) is 0 Å². The van der Waals surface area contributed by atoms with Crippen LogP contribution in [0.5, 0.6) is 0 Å². The van der Waals surface area contributed by atoms with Crippen molar-refractivity contribution in [2.24, 2.45) is 0 Å². The molecule has 2 aliphatic heterocycles. The topological polar surface area (TPSA) is 6.48 Å². The van der Waals surface area contributed by atoms with Gasteiger partial charge in [-0.1, -0.05) is 59.1 Å². The van der Waals surface area contributed by atoms with Gasteiger partial charge in [0.1, 0.15) is 0 Å². The molecule has 7 rings (SSSR count). The summed E-state index contributed by atoms with van der Waals surface area (Å²) in [5.74, 6) is 0. The molecule has 2 aliphatic carbocycles. The van der Waals surface area contributed by atoms with Gasteiger partial charge in [0.15, 0.2) is 0 Å². The fourth-order valence-electron chi connectivity index (χ4n) is 7.06. The van der Waals surface area contributed by atoms with E-state index in [0.29, 0.717) is 6.04 Å². The Morgan fingerprint density at radius 2 is 1.55 bits per heavy atom. The zero-order valence-electron chi connectivity index (χ0n) is 23.2. The van der Waals surface area contributed by atoms with Gasteiger partial charge in [0, 0.05) is 28.4 Å². The molecule has 0 spiro atoms.